The zero-order chi connectivity index (χ0) is 20.3. The molecule has 0 fully saturated rings. The minimum atomic E-state index is -3.88. The molecule has 0 aliphatic rings. The molecule has 1 amide bonds. The quantitative estimate of drug-likeness (QED) is 0.518. The van der Waals surface area contributed by atoms with Gasteiger partial charge in [-0.1, -0.05) is 12.1 Å². The van der Waals surface area contributed by atoms with Gasteiger partial charge in [0.15, 0.2) is 0 Å². The van der Waals surface area contributed by atoms with Gasteiger partial charge in [0.2, 0.25) is 9.84 Å². The van der Waals surface area contributed by atoms with Gasteiger partial charge in [-0.3, -0.25) is 14.9 Å². The van der Waals surface area contributed by atoms with E-state index in [1.165, 1.54) is 42.5 Å². The van der Waals surface area contributed by atoms with Crippen molar-refractivity contribution in [1.82, 2.24) is 0 Å². The summed E-state index contributed by atoms with van der Waals surface area (Å²) in [4.78, 5) is 22.0. The van der Waals surface area contributed by atoms with Gasteiger partial charge < -0.3 is 5.32 Å². The number of nitro benzene ring substituents is 1. The van der Waals surface area contributed by atoms with E-state index in [2.05, 4.69) is 5.32 Å². The number of nitrogens with one attached hydrogen (secondary N) is 1. The molecule has 3 aromatic rings. The van der Waals surface area contributed by atoms with Crippen LogP contribution in [0.15, 0.2) is 82.6 Å². The fourth-order valence-electron chi connectivity index (χ4n) is 2.44. The lowest BCUT2D eigenvalue weighted by Gasteiger charge is -2.08. The number of carbonyl (C=O) groups is 1. The van der Waals surface area contributed by atoms with Crippen LogP contribution in [0.2, 0.25) is 0 Å². The summed E-state index contributed by atoms with van der Waals surface area (Å²) in [5.41, 5.74) is -0.0638. The molecule has 0 atom stereocenters. The van der Waals surface area contributed by atoms with E-state index in [-0.39, 0.29) is 26.7 Å². The van der Waals surface area contributed by atoms with E-state index in [9.17, 15) is 27.7 Å². The van der Waals surface area contributed by atoms with Gasteiger partial charge in [0.05, 0.1) is 20.3 Å². The number of non-ortho nitro benzene ring substituents is 1. The van der Waals surface area contributed by atoms with Crippen LogP contribution >= 0.6 is 0 Å². The Bertz CT molecular complexity index is 1140. The smallest absolute Gasteiger partial charge is 0.269 e. The number of nitrogens with zero attached hydrogens (tertiary/aromatic N) is 1. The number of halogens is 1. The van der Waals surface area contributed by atoms with Crippen LogP contribution in [0.25, 0.3) is 0 Å². The maximum Gasteiger partial charge on any atom is 0.269 e. The number of hydrogen-bond donors (Lipinski definition) is 1. The Kier molecular flexibility index (Phi) is 5.18. The third kappa shape index (κ3) is 3.89. The Morgan fingerprint density at radius 1 is 0.893 bits per heavy atom. The van der Waals surface area contributed by atoms with E-state index in [4.69, 9.17) is 0 Å². The van der Waals surface area contributed by atoms with Crippen molar-refractivity contribution in [2.45, 2.75) is 9.79 Å². The Balaban J connectivity index is 1.80. The highest BCUT2D eigenvalue weighted by atomic mass is 32.2. The summed E-state index contributed by atoms with van der Waals surface area (Å²) in [5, 5.41) is 13.2. The van der Waals surface area contributed by atoms with Gasteiger partial charge in [-0.25, -0.2) is 12.8 Å². The van der Waals surface area contributed by atoms with Crippen molar-refractivity contribution in [2.24, 2.45) is 0 Å². The third-order valence-electron chi connectivity index (χ3n) is 3.90. The Morgan fingerprint density at radius 2 is 1.43 bits per heavy atom. The maximum atomic E-state index is 13.6. The molecule has 0 aliphatic heterocycles. The fourth-order valence-corrected chi connectivity index (χ4v) is 3.71. The number of anilines is 1. The summed E-state index contributed by atoms with van der Waals surface area (Å²) in [7, 11) is -3.88. The fraction of sp³-hybridized carbons (Fsp3) is 0. The molecule has 0 unspecified atom stereocenters. The largest absolute Gasteiger partial charge is 0.322 e. The van der Waals surface area contributed by atoms with Crippen molar-refractivity contribution in [3.8, 4) is 0 Å². The summed E-state index contributed by atoms with van der Waals surface area (Å²) in [6.07, 6.45) is 0. The first-order chi connectivity index (χ1) is 13.3. The maximum absolute atomic E-state index is 13.6. The minimum absolute atomic E-state index is 0.0507. The second kappa shape index (κ2) is 7.57. The topological polar surface area (TPSA) is 106 Å². The molecule has 0 aliphatic carbocycles. The molecule has 0 heterocycles. The number of hydrogen-bond acceptors (Lipinski definition) is 5. The van der Waals surface area contributed by atoms with E-state index in [1.54, 1.807) is 0 Å². The third-order valence-corrected chi connectivity index (χ3v) is 5.68. The number of carbonyl (C=O) groups excluding carboxylic acids is 1. The average Bonchev–Trinajstić information content (AvgIpc) is 2.68. The Labute approximate surface area is 159 Å². The first kappa shape index (κ1) is 19.2. The van der Waals surface area contributed by atoms with Crippen LogP contribution in [0.3, 0.4) is 0 Å². The molecule has 0 spiro atoms. The Hall–Kier alpha value is -3.59. The van der Waals surface area contributed by atoms with Gasteiger partial charge in [0.25, 0.3) is 11.6 Å². The number of nitro groups is 1. The standard InChI is InChI=1S/C19H13FN2O5S/c20-18-4-2-1-3-17(18)19(23)21-13-5-9-15(10-6-13)28(26,27)16-11-7-14(8-12-16)22(24)25/h1-12H,(H,21,23). The van der Waals surface area contributed by atoms with Crippen molar-refractivity contribution < 1.29 is 22.5 Å². The molecular weight excluding hydrogens is 387 g/mol. The van der Waals surface area contributed by atoms with Crippen molar-refractivity contribution in [3.63, 3.8) is 0 Å². The molecular formula is C19H13FN2O5S. The average molecular weight is 400 g/mol. The van der Waals surface area contributed by atoms with Crippen LogP contribution in [0, 0.1) is 15.9 Å². The molecule has 0 bridgehead atoms. The van der Waals surface area contributed by atoms with Crippen molar-refractivity contribution in [1.29, 1.82) is 0 Å². The highest BCUT2D eigenvalue weighted by Crippen LogP contribution is 2.24. The lowest BCUT2D eigenvalue weighted by atomic mass is 10.2. The number of benzene rings is 3. The highest BCUT2D eigenvalue weighted by molar-refractivity contribution is 7.91. The first-order valence-corrected chi connectivity index (χ1v) is 9.43. The van der Waals surface area contributed by atoms with Gasteiger partial charge in [-0.05, 0) is 48.5 Å². The molecule has 0 aromatic heterocycles. The second-order valence-corrected chi connectivity index (χ2v) is 7.66. The summed E-state index contributed by atoms with van der Waals surface area (Å²) < 4.78 is 38.9. The van der Waals surface area contributed by atoms with Gasteiger partial charge in [-0.15, -0.1) is 0 Å². The van der Waals surface area contributed by atoms with E-state index >= 15 is 0 Å². The van der Waals surface area contributed by atoms with Gasteiger partial charge >= 0.3 is 0 Å². The Morgan fingerprint density at radius 3 is 1.96 bits per heavy atom. The molecule has 0 saturated heterocycles. The number of amides is 1. The summed E-state index contributed by atoms with van der Waals surface area (Å²) in [6, 6.07) is 15.3. The van der Waals surface area contributed by atoms with Crippen molar-refractivity contribution >= 4 is 27.1 Å². The van der Waals surface area contributed by atoms with Gasteiger partial charge in [0, 0.05) is 17.8 Å². The predicted molar refractivity (Wildman–Crippen MR) is 99.3 cm³/mol. The number of sulfone groups is 1. The van der Waals surface area contributed by atoms with Crippen LogP contribution in [-0.4, -0.2) is 19.2 Å². The molecule has 9 heteroatoms. The molecule has 3 rings (SSSR count). The second-order valence-electron chi connectivity index (χ2n) is 5.71. The van der Waals surface area contributed by atoms with Crippen LogP contribution in [0.5, 0.6) is 0 Å². The van der Waals surface area contributed by atoms with Gasteiger partial charge in [0.1, 0.15) is 5.82 Å². The normalized spacial score (nSPS) is 11.0. The monoisotopic (exact) mass is 400 g/mol. The predicted octanol–water partition coefficient (Wildman–Crippen LogP) is 3.82. The summed E-state index contributed by atoms with van der Waals surface area (Å²) >= 11 is 0. The zero-order valence-electron chi connectivity index (χ0n) is 14.2. The van der Waals surface area contributed by atoms with Gasteiger partial charge in [-0.2, -0.15) is 0 Å². The molecule has 28 heavy (non-hydrogen) atoms. The molecule has 3 aromatic carbocycles. The minimum Gasteiger partial charge on any atom is -0.322 e. The van der Waals surface area contributed by atoms with E-state index in [0.717, 1.165) is 30.3 Å². The van der Waals surface area contributed by atoms with E-state index < -0.39 is 26.5 Å². The van der Waals surface area contributed by atoms with E-state index in [0.29, 0.717) is 0 Å². The molecule has 7 nitrogen and oxygen atoms in total. The van der Waals surface area contributed by atoms with Crippen LogP contribution in [-0.2, 0) is 9.84 Å². The first-order valence-electron chi connectivity index (χ1n) is 7.94. The molecule has 0 saturated carbocycles. The lowest BCUT2D eigenvalue weighted by Crippen LogP contribution is -2.13. The molecule has 142 valence electrons. The van der Waals surface area contributed by atoms with Crippen molar-refractivity contribution in [2.75, 3.05) is 5.32 Å². The summed E-state index contributed by atoms with van der Waals surface area (Å²) in [6.45, 7) is 0. The van der Waals surface area contributed by atoms with E-state index in [1.807, 2.05) is 0 Å². The summed E-state index contributed by atoms with van der Waals surface area (Å²) in [5.74, 6) is -1.33. The number of rotatable bonds is 5. The lowest BCUT2D eigenvalue weighted by molar-refractivity contribution is -0.384. The van der Waals surface area contributed by atoms with Crippen LogP contribution < -0.4 is 5.32 Å². The SMILES string of the molecule is O=C(Nc1ccc(S(=O)(=O)c2ccc([N+](=O)[O-])cc2)cc1)c1ccccc1F. The van der Waals surface area contributed by atoms with Crippen LogP contribution in [0.4, 0.5) is 15.8 Å². The molecule has 0 radical (unpaired) electrons. The molecule has 1 N–H and O–H groups in total. The van der Waals surface area contributed by atoms with Crippen LogP contribution in [0.1, 0.15) is 10.4 Å². The van der Waals surface area contributed by atoms with Crippen molar-refractivity contribution in [3.05, 3.63) is 94.3 Å². The zero-order valence-corrected chi connectivity index (χ0v) is 15.0. The highest BCUT2D eigenvalue weighted by Gasteiger charge is 2.19.